The molecule has 0 radical (unpaired) electrons. The Kier molecular flexibility index (Phi) is 5.24. The summed E-state index contributed by atoms with van der Waals surface area (Å²) in [5.41, 5.74) is 2.64. The van der Waals surface area contributed by atoms with Crippen molar-refractivity contribution in [3.8, 4) is 0 Å². The van der Waals surface area contributed by atoms with Crippen molar-refractivity contribution in [1.29, 1.82) is 0 Å². The minimum atomic E-state index is 0.259. The van der Waals surface area contributed by atoms with Gasteiger partial charge in [-0.05, 0) is 32.3 Å². The maximum Gasteiger partial charge on any atom is 0.152 e. The van der Waals surface area contributed by atoms with Gasteiger partial charge in [-0.2, -0.15) is 0 Å². The van der Waals surface area contributed by atoms with Crippen LogP contribution in [0.15, 0.2) is 11.4 Å². The maximum absolute atomic E-state index is 5.54. The molecule has 2 aromatic rings. The molecule has 0 unspecified atom stereocenters. The van der Waals surface area contributed by atoms with Gasteiger partial charge in [-0.1, -0.05) is 0 Å². The smallest absolute Gasteiger partial charge is 0.152 e. The Morgan fingerprint density at radius 3 is 2.95 bits per heavy atom. The number of nitrogens with one attached hydrogen (secondary N) is 1. The molecule has 0 spiro atoms. The molecule has 3 N–H and O–H groups in total. The van der Waals surface area contributed by atoms with Crippen molar-refractivity contribution in [2.45, 2.75) is 26.5 Å². The van der Waals surface area contributed by atoms with Crippen molar-refractivity contribution in [2.75, 3.05) is 25.6 Å². The van der Waals surface area contributed by atoms with E-state index in [1.54, 1.807) is 11.3 Å². The molecule has 20 heavy (non-hydrogen) atoms. The molecule has 7 heteroatoms. The van der Waals surface area contributed by atoms with E-state index >= 15 is 0 Å². The first-order chi connectivity index (χ1) is 9.60. The van der Waals surface area contributed by atoms with E-state index in [0.717, 1.165) is 22.6 Å². The number of anilines is 1. The number of likely N-dealkylation sites (N-methyl/N-ethyl adjacent to an activating group) is 1. The van der Waals surface area contributed by atoms with E-state index in [-0.39, 0.29) is 6.10 Å². The van der Waals surface area contributed by atoms with Crippen molar-refractivity contribution in [2.24, 2.45) is 5.84 Å². The van der Waals surface area contributed by atoms with Crippen molar-refractivity contribution in [3.63, 3.8) is 0 Å². The molecule has 2 rings (SSSR count). The summed E-state index contributed by atoms with van der Waals surface area (Å²) in [6, 6.07) is 1.97. The number of nitrogens with zero attached hydrogens (tertiary/aromatic N) is 3. The fourth-order valence-corrected chi connectivity index (χ4v) is 2.63. The minimum absolute atomic E-state index is 0.259. The van der Waals surface area contributed by atoms with Crippen LogP contribution in [0.2, 0.25) is 0 Å². The SMILES string of the molecule is CC(C)OCCN(C)Cc1nc(NN)c2ccsc2n1. The molecule has 2 heterocycles. The second-order valence-corrected chi connectivity index (χ2v) is 5.82. The van der Waals surface area contributed by atoms with Gasteiger partial charge in [0, 0.05) is 6.54 Å². The number of nitrogens with two attached hydrogens (primary N) is 1. The van der Waals surface area contributed by atoms with Crippen LogP contribution in [0.3, 0.4) is 0 Å². The molecule has 0 atom stereocenters. The van der Waals surface area contributed by atoms with Crippen LogP contribution in [-0.4, -0.2) is 41.2 Å². The lowest BCUT2D eigenvalue weighted by Crippen LogP contribution is -2.25. The Balaban J connectivity index is 2.01. The molecule has 0 aliphatic heterocycles. The topological polar surface area (TPSA) is 76.3 Å². The van der Waals surface area contributed by atoms with Gasteiger partial charge >= 0.3 is 0 Å². The largest absolute Gasteiger partial charge is 0.377 e. The summed E-state index contributed by atoms with van der Waals surface area (Å²) in [5.74, 6) is 6.96. The number of nitrogen functional groups attached to an aromatic ring is 1. The van der Waals surface area contributed by atoms with Crippen molar-refractivity contribution >= 4 is 27.4 Å². The third-order valence-electron chi connectivity index (χ3n) is 2.84. The lowest BCUT2D eigenvalue weighted by Gasteiger charge is -2.17. The van der Waals surface area contributed by atoms with E-state index in [1.165, 1.54) is 0 Å². The second-order valence-electron chi connectivity index (χ2n) is 4.93. The van der Waals surface area contributed by atoms with Crippen LogP contribution in [0, 0.1) is 0 Å². The Hall–Kier alpha value is -1.28. The molecule has 0 amide bonds. The minimum Gasteiger partial charge on any atom is -0.377 e. The summed E-state index contributed by atoms with van der Waals surface area (Å²) in [5, 5.41) is 2.96. The van der Waals surface area contributed by atoms with Gasteiger partial charge in [0.2, 0.25) is 0 Å². The fraction of sp³-hybridized carbons (Fsp3) is 0.538. The van der Waals surface area contributed by atoms with Gasteiger partial charge in [0.1, 0.15) is 10.7 Å². The number of aromatic nitrogens is 2. The molecule has 0 bridgehead atoms. The van der Waals surface area contributed by atoms with Crippen LogP contribution in [0.1, 0.15) is 19.7 Å². The zero-order valence-electron chi connectivity index (χ0n) is 12.1. The number of fused-ring (bicyclic) bond motifs is 1. The zero-order chi connectivity index (χ0) is 14.5. The Morgan fingerprint density at radius 1 is 1.45 bits per heavy atom. The number of hydrogen-bond acceptors (Lipinski definition) is 7. The normalized spacial score (nSPS) is 11.7. The van der Waals surface area contributed by atoms with Crippen LogP contribution >= 0.6 is 11.3 Å². The third-order valence-corrected chi connectivity index (χ3v) is 3.65. The molecule has 0 aliphatic rings. The van der Waals surface area contributed by atoms with Crippen LogP contribution in [-0.2, 0) is 11.3 Å². The molecule has 6 nitrogen and oxygen atoms in total. The van der Waals surface area contributed by atoms with Crippen molar-refractivity contribution < 1.29 is 4.74 Å². The number of hydrazine groups is 1. The van der Waals surface area contributed by atoms with Gasteiger partial charge in [-0.15, -0.1) is 11.3 Å². The number of thiophene rings is 1. The van der Waals surface area contributed by atoms with E-state index in [1.807, 2.05) is 32.3 Å². The summed E-state index contributed by atoms with van der Waals surface area (Å²) < 4.78 is 5.54. The van der Waals surface area contributed by atoms with Crippen molar-refractivity contribution in [1.82, 2.24) is 14.9 Å². The summed E-state index contributed by atoms with van der Waals surface area (Å²) in [7, 11) is 2.03. The summed E-state index contributed by atoms with van der Waals surface area (Å²) in [6.45, 7) is 6.29. The maximum atomic E-state index is 5.54. The molecule has 110 valence electrons. The fourth-order valence-electron chi connectivity index (χ4n) is 1.85. The van der Waals surface area contributed by atoms with Gasteiger partial charge in [0.15, 0.2) is 5.82 Å². The highest BCUT2D eigenvalue weighted by Crippen LogP contribution is 2.24. The molecule has 0 aromatic carbocycles. The van der Waals surface area contributed by atoms with E-state index in [2.05, 4.69) is 20.3 Å². The lowest BCUT2D eigenvalue weighted by atomic mass is 10.3. The van der Waals surface area contributed by atoms with Gasteiger partial charge in [-0.3, -0.25) is 4.90 Å². The van der Waals surface area contributed by atoms with Gasteiger partial charge in [0.25, 0.3) is 0 Å². The van der Waals surface area contributed by atoms with Crippen LogP contribution < -0.4 is 11.3 Å². The van der Waals surface area contributed by atoms with E-state index in [9.17, 15) is 0 Å². The molecule has 0 fully saturated rings. The number of hydrogen-bond donors (Lipinski definition) is 2. The Morgan fingerprint density at radius 2 is 2.25 bits per heavy atom. The summed E-state index contributed by atoms with van der Waals surface area (Å²) >= 11 is 1.59. The van der Waals surface area contributed by atoms with E-state index < -0.39 is 0 Å². The average molecular weight is 295 g/mol. The van der Waals surface area contributed by atoms with Gasteiger partial charge in [0.05, 0.1) is 24.6 Å². The Bertz CT molecular complexity index is 557. The highest BCUT2D eigenvalue weighted by molar-refractivity contribution is 7.16. The van der Waals surface area contributed by atoms with E-state index in [4.69, 9.17) is 10.6 Å². The molecular formula is C13H21N5OS. The molecule has 0 saturated heterocycles. The summed E-state index contributed by atoms with van der Waals surface area (Å²) in [6.07, 6.45) is 0.259. The average Bonchev–Trinajstić information content (AvgIpc) is 2.85. The highest BCUT2D eigenvalue weighted by Gasteiger charge is 2.10. The third kappa shape index (κ3) is 3.86. The highest BCUT2D eigenvalue weighted by atomic mass is 32.1. The monoisotopic (exact) mass is 295 g/mol. The van der Waals surface area contributed by atoms with E-state index in [0.29, 0.717) is 19.0 Å². The molecular weight excluding hydrogens is 274 g/mol. The first-order valence-corrected chi connectivity index (χ1v) is 7.49. The standard InChI is InChI=1S/C13H21N5OS/c1-9(2)19-6-5-18(3)8-11-15-12(17-14)10-4-7-20-13(10)16-11/h4,7,9H,5-6,8,14H2,1-3H3,(H,15,16,17). The van der Waals surface area contributed by atoms with Crippen LogP contribution in [0.5, 0.6) is 0 Å². The molecule has 0 aliphatic carbocycles. The van der Waals surface area contributed by atoms with Crippen LogP contribution in [0.25, 0.3) is 10.2 Å². The predicted molar refractivity (Wildman–Crippen MR) is 82.6 cm³/mol. The zero-order valence-corrected chi connectivity index (χ0v) is 12.9. The lowest BCUT2D eigenvalue weighted by molar-refractivity contribution is 0.0623. The molecule has 0 saturated carbocycles. The summed E-state index contributed by atoms with van der Waals surface area (Å²) in [4.78, 5) is 12.1. The predicted octanol–water partition coefficient (Wildman–Crippen LogP) is 1.83. The first-order valence-electron chi connectivity index (χ1n) is 6.61. The van der Waals surface area contributed by atoms with Crippen LogP contribution in [0.4, 0.5) is 5.82 Å². The number of rotatable bonds is 7. The van der Waals surface area contributed by atoms with Gasteiger partial charge < -0.3 is 10.2 Å². The number of ether oxygens (including phenoxy) is 1. The first kappa shape index (κ1) is 15.1. The second kappa shape index (κ2) is 6.94. The van der Waals surface area contributed by atoms with Crippen molar-refractivity contribution in [3.05, 3.63) is 17.3 Å². The molecule has 2 aromatic heterocycles. The van der Waals surface area contributed by atoms with Gasteiger partial charge in [-0.25, -0.2) is 15.8 Å². The Labute approximate surface area is 122 Å². The quantitative estimate of drug-likeness (QED) is 0.599.